The van der Waals surface area contributed by atoms with Crippen molar-refractivity contribution in [3.05, 3.63) is 46.7 Å². The Morgan fingerprint density at radius 1 is 1.00 bits per heavy atom. The van der Waals surface area contributed by atoms with Gasteiger partial charge in [-0.1, -0.05) is 29.3 Å². The molecule has 0 aliphatic carbocycles. The lowest BCUT2D eigenvalue weighted by Gasteiger charge is -2.08. The SMILES string of the molecule is Nc1n[nH]c(-c2ccnnc2)c1-c1c(Cl)cccc1Cl. The fourth-order valence-corrected chi connectivity index (χ4v) is 2.58. The number of aromatic nitrogens is 4. The van der Waals surface area contributed by atoms with Gasteiger partial charge in [0.2, 0.25) is 0 Å². The molecule has 0 aliphatic rings. The second-order valence-electron chi connectivity index (χ2n) is 4.09. The van der Waals surface area contributed by atoms with Gasteiger partial charge in [0.1, 0.15) is 0 Å². The zero-order chi connectivity index (χ0) is 14.1. The predicted octanol–water partition coefficient (Wildman–Crippen LogP) is 3.42. The predicted molar refractivity (Wildman–Crippen MR) is 79.5 cm³/mol. The monoisotopic (exact) mass is 305 g/mol. The van der Waals surface area contributed by atoms with Crippen molar-refractivity contribution in [1.82, 2.24) is 20.4 Å². The largest absolute Gasteiger partial charge is 0.382 e. The molecule has 100 valence electrons. The number of nitrogens with zero attached hydrogens (tertiary/aromatic N) is 3. The van der Waals surface area contributed by atoms with E-state index in [1.54, 1.807) is 36.7 Å². The summed E-state index contributed by atoms with van der Waals surface area (Å²) < 4.78 is 0. The van der Waals surface area contributed by atoms with Crippen molar-refractivity contribution in [1.29, 1.82) is 0 Å². The molecule has 0 fully saturated rings. The van der Waals surface area contributed by atoms with Crippen LogP contribution in [-0.2, 0) is 0 Å². The minimum absolute atomic E-state index is 0.326. The van der Waals surface area contributed by atoms with E-state index >= 15 is 0 Å². The second-order valence-corrected chi connectivity index (χ2v) is 4.90. The third-order valence-corrected chi connectivity index (χ3v) is 3.51. The standard InChI is InChI=1S/C13H9Cl2N5/c14-8-2-1-3-9(15)10(8)11-12(19-20-13(11)16)7-4-5-17-18-6-7/h1-6H,(H3,16,19,20). The molecular formula is C13H9Cl2N5. The number of nitrogens with two attached hydrogens (primary N) is 1. The lowest BCUT2D eigenvalue weighted by molar-refractivity contribution is 1.03. The van der Waals surface area contributed by atoms with Crippen molar-refractivity contribution in [3.8, 4) is 22.4 Å². The lowest BCUT2D eigenvalue weighted by atomic mass is 10.0. The summed E-state index contributed by atoms with van der Waals surface area (Å²) in [5.41, 5.74) is 8.76. The molecule has 0 spiro atoms. The number of benzene rings is 1. The van der Waals surface area contributed by atoms with Crippen LogP contribution in [0.4, 0.5) is 5.82 Å². The van der Waals surface area contributed by atoms with Gasteiger partial charge in [-0.15, -0.1) is 0 Å². The van der Waals surface area contributed by atoms with Crippen molar-refractivity contribution >= 4 is 29.0 Å². The van der Waals surface area contributed by atoms with Crippen LogP contribution < -0.4 is 5.73 Å². The average Bonchev–Trinajstić information content (AvgIpc) is 2.82. The van der Waals surface area contributed by atoms with E-state index < -0.39 is 0 Å². The highest BCUT2D eigenvalue weighted by Gasteiger charge is 2.19. The Hall–Kier alpha value is -2.11. The summed E-state index contributed by atoms with van der Waals surface area (Å²) in [7, 11) is 0. The molecule has 2 aromatic heterocycles. The number of hydrogen-bond acceptors (Lipinski definition) is 4. The molecule has 3 rings (SSSR count). The Kier molecular flexibility index (Phi) is 3.30. The van der Waals surface area contributed by atoms with Gasteiger partial charge in [0, 0.05) is 11.1 Å². The normalized spacial score (nSPS) is 10.7. The molecule has 7 heteroatoms. The third kappa shape index (κ3) is 2.11. The molecule has 0 bridgehead atoms. The Morgan fingerprint density at radius 2 is 1.75 bits per heavy atom. The van der Waals surface area contributed by atoms with Crippen molar-refractivity contribution in [2.45, 2.75) is 0 Å². The number of halogens is 2. The molecule has 1 aromatic carbocycles. The van der Waals surface area contributed by atoms with Crippen molar-refractivity contribution in [2.24, 2.45) is 0 Å². The van der Waals surface area contributed by atoms with Crippen LogP contribution in [0.15, 0.2) is 36.7 Å². The smallest absolute Gasteiger partial charge is 0.153 e. The quantitative estimate of drug-likeness (QED) is 0.760. The van der Waals surface area contributed by atoms with Crippen LogP contribution in [0.2, 0.25) is 10.0 Å². The zero-order valence-corrected chi connectivity index (χ0v) is 11.7. The van der Waals surface area contributed by atoms with Crippen LogP contribution in [0.25, 0.3) is 22.4 Å². The molecule has 5 nitrogen and oxygen atoms in total. The number of nitrogens with one attached hydrogen (secondary N) is 1. The van der Waals surface area contributed by atoms with Gasteiger partial charge in [0.05, 0.1) is 33.7 Å². The maximum Gasteiger partial charge on any atom is 0.153 e. The summed E-state index contributed by atoms with van der Waals surface area (Å²) in [5.74, 6) is 0.326. The molecule has 0 aliphatic heterocycles. The number of hydrogen-bond donors (Lipinski definition) is 2. The maximum atomic E-state index is 6.24. The number of aromatic amines is 1. The van der Waals surface area contributed by atoms with E-state index in [4.69, 9.17) is 28.9 Å². The van der Waals surface area contributed by atoms with E-state index in [-0.39, 0.29) is 0 Å². The highest BCUT2D eigenvalue weighted by molar-refractivity contribution is 6.39. The summed E-state index contributed by atoms with van der Waals surface area (Å²) in [6.45, 7) is 0. The van der Waals surface area contributed by atoms with E-state index in [0.717, 1.165) is 5.56 Å². The molecule has 0 unspecified atom stereocenters. The Balaban J connectivity index is 2.28. The van der Waals surface area contributed by atoms with Crippen LogP contribution in [0, 0.1) is 0 Å². The molecule has 0 amide bonds. The van der Waals surface area contributed by atoms with Gasteiger partial charge in [-0.2, -0.15) is 15.3 Å². The molecule has 3 aromatic rings. The molecule has 2 heterocycles. The van der Waals surface area contributed by atoms with E-state index in [9.17, 15) is 0 Å². The van der Waals surface area contributed by atoms with Gasteiger partial charge in [0.15, 0.2) is 5.82 Å². The van der Waals surface area contributed by atoms with E-state index in [1.165, 1.54) is 0 Å². The minimum atomic E-state index is 0.326. The minimum Gasteiger partial charge on any atom is -0.382 e. The summed E-state index contributed by atoms with van der Waals surface area (Å²) in [4.78, 5) is 0. The highest BCUT2D eigenvalue weighted by atomic mass is 35.5. The van der Waals surface area contributed by atoms with E-state index in [1.807, 2.05) is 0 Å². The maximum absolute atomic E-state index is 6.24. The Labute approximate surface area is 124 Å². The average molecular weight is 306 g/mol. The fraction of sp³-hybridized carbons (Fsp3) is 0. The summed E-state index contributed by atoms with van der Waals surface area (Å²) in [6.07, 6.45) is 3.20. The van der Waals surface area contributed by atoms with Crippen LogP contribution in [0.5, 0.6) is 0 Å². The van der Waals surface area contributed by atoms with Crippen LogP contribution >= 0.6 is 23.2 Å². The number of H-pyrrole nitrogens is 1. The summed E-state index contributed by atoms with van der Waals surface area (Å²) in [5, 5.41) is 15.5. The molecular weight excluding hydrogens is 297 g/mol. The van der Waals surface area contributed by atoms with Crippen molar-refractivity contribution in [3.63, 3.8) is 0 Å². The Bertz CT molecular complexity index is 734. The van der Waals surface area contributed by atoms with Gasteiger partial charge in [-0.05, 0) is 18.2 Å². The number of anilines is 1. The molecule has 0 saturated heterocycles. The molecule has 3 N–H and O–H groups in total. The fourth-order valence-electron chi connectivity index (χ4n) is 1.99. The summed E-state index contributed by atoms with van der Waals surface area (Å²) in [6, 6.07) is 7.08. The topological polar surface area (TPSA) is 80.5 Å². The molecule has 0 radical (unpaired) electrons. The van der Waals surface area contributed by atoms with Gasteiger partial charge in [0.25, 0.3) is 0 Å². The summed E-state index contributed by atoms with van der Waals surface area (Å²) >= 11 is 12.5. The molecule has 0 atom stereocenters. The van der Waals surface area contributed by atoms with Crippen LogP contribution in [0.3, 0.4) is 0 Å². The van der Waals surface area contributed by atoms with E-state index in [2.05, 4.69) is 20.4 Å². The second kappa shape index (κ2) is 5.11. The van der Waals surface area contributed by atoms with Crippen molar-refractivity contribution in [2.75, 3.05) is 5.73 Å². The van der Waals surface area contributed by atoms with Crippen molar-refractivity contribution < 1.29 is 0 Å². The Morgan fingerprint density at radius 3 is 2.40 bits per heavy atom. The van der Waals surface area contributed by atoms with Gasteiger partial charge in [-0.3, -0.25) is 5.10 Å². The molecule has 20 heavy (non-hydrogen) atoms. The first-order valence-corrected chi connectivity index (χ1v) is 6.49. The molecule has 0 saturated carbocycles. The third-order valence-electron chi connectivity index (χ3n) is 2.88. The first-order chi connectivity index (χ1) is 9.68. The number of nitrogen functional groups attached to an aromatic ring is 1. The van der Waals surface area contributed by atoms with E-state index in [0.29, 0.717) is 32.7 Å². The van der Waals surface area contributed by atoms with Gasteiger partial charge in [-0.25, -0.2) is 0 Å². The lowest BCUT2D eigenvalue weighted by Crippen LogP contribution is -1.91. The van der Waals surface area contributed by atoms with Gasteiger partial charge < -0.3 is 5.73 Å². The first kappa shape index (κ1) is 12.9. The highest BCUT2D eigenvalue weighted by Crippen LogP contribution is 2.41. The van der Waals surface area contributed by atoms with Crippen LogP contribution in [-0.4, -0.2) is 20.4 Å². The number of rotatable bonds is 2. The van der Waals surface area contributed by atoms with Crippen LogP contribution in [0.1, 0.15) is 0 Å². The first-order valence-electron chi connectivity index (χ1n) is 5.73. The van der Waals surface area contributed by atoms with Gasteiger partial charge >= 0.3 is 0 Å². The zero-order valence-electron chi connectivity index (χ0n) is 10.1.